The van der Waals surface area contributed by atoms with Crippen molar-refractivity contribution in [2.75, 3.05) is 6.54 Å². The van der Waals surface area contributed by atoms with E-state index in [-0.39, 0.29) is 6.04 Å². The standard InChI is InChI=1S/C16H16ClNO2/c1-3-18-15(13-8-7-10(2)19-13)14-9-11-5-4-6-12(17)16(11)20-14/h4-9,15,18H,3H2,1-2H3. The fourth-order valence-electron chi connectivity index (χ4n) is 2.34. The molecule has 1 atom stereocenters. The molecule has 0 fully saturated rings. The second-order valence-corrected chi connectivity index (χ2v) is 5.15. The third-order valence-electron chi connectivity index (χ3n) is 3.25. The van der Waals surface area contributed by atoms with Crippen molar-refractivity contribution < 1.29 is 8.83 Å². The summed E-state index contributed by atoms with van der Waals surface area (Å²) in [5, 5.41) is 5.00. The number of hydrogen-bond acceptors (Lipinski definition) is 3. The molecule has 20 heavy (non-hydrogen) atoms. The molecule has 4 heteroatoms. The Bertz CT molecular complexity index is 729. The van der Waals surface area contributed by atoms with Gasteiger partial charge in [-0.3, -0.25) is 0 Å². The Morgan fingerprint density at radius 3 is 2.65 bits per heavy atom. The van der Waals surface area contributed by atoms with Gasteiger partial charge < -0.3 is 14.2 Å². The predicted octanol–water partition coefficient (Wildman–Crippen LogP) is 4.69. The van der Waals surface area contributed by atoms with Gasteiger partial charge in [-0.15, -0.1) is 0 Å². The molecule has 1 N–H and O–H groups in total. The van der Waals surface area contributed by atoms with Crippen LogP contribution in [0.5, 0.6) is 0 Å². The van der Waals surface area contributed by atoms with Gasteiger partial charge in [-0.1, -0.05) is 30.7 Å². The number of benzene rings is 1. The molecule has 0 bridgehead atoms. The van der Waals surface area contributed by atoms with E-state index in [0.717, 1.165) is 34.8 Å². The molecule has 0 saturated heterocycles. The first-order valence-electron chi connectivity index (χ1n) is 6.66. The van der Waals surface area contributed by atoms with E-state index in [1.807, 2.05) is 43.3 Å². The quantitative estimate of drug-likeness (QED) is 0.757. The summed E-state index contributed by atoms with van der Waals surface area (Å²) in [6.45, 7) is 4.80. The van der Waals surface area contributed by atoms with E-state index in [0.29, 0.717) is 5.02 Å². The summed E-state index contributed by atoms with van der Waals surface area (Å²) < 4.78 is 11.6. The van der Waals surface area contributed by atoms with Gasteiger partial charge >= 0.3 is 0 Å². The Morgan fingerprint density at radius 1 is 1.15 bits per heavy atom. The Hall–Kier alpha value is -1.71. The smallest absolute Gasteiger partial charge is 0.152 e. The number of halogens is 1. The Kier molecular flexibility index (Phi) is 3.55. The first-order valence-corrected chi connectivity index (χ1v) is 7.04. The van der Waals surface area contributed by atoms with E-state index in [9.17, 15) is 0 Å². The monoisotopic (exact) mass is 289 g/mol. The van der Waals surface area contributed by atoms with Gasteiger partial charge in [-0.05, 0) is 37.7 Å². The number of furan rings is 2. The third kappa shape index (κ3) is 2.35. The highest BCUT2D eigenvalue weighted by molar-refractivity contribution is 6.34. The highest BCUT2D eigenvalue weighted by Crippen LogP contribution is 2.32. The molecule has 104 valence electrons. The molecule has 3 rings (SSSR count). The van der Waals surface area contributed by atoms with E-state index < -0.39 is 0 Å². The highest BCUT2D eigenvalue weighted by Gasteiger charge is 2.21. The zero-order valence-electron chi connectivity index (χ0n) is 11.4. The third-order valence-corrected chi connectivity index (χ3v) is 3.55. The molecule has 0 aliphatic carbocycles. The summed E-state index contributed by atoms with van der Waals surface area (Å²) in [7, 11) is 0. The molecule has 0 radical (unpaired) electrons. The first kappa shape index (κ1) is 13.3. The molecule has 2 heterocycles. The van der Waals surface area contributed by atoms with Gasteiger partial charge in [0.05, 0.1) is 5.02 Å². The second-order valence-electron chi connectivity index (χ2n) is 4.75. The van der Waals surface area contributed by atoms with Crippen molar-refractivity contribution in [1.29, 1.82) is 0 Å². The molecule has 1 aromatic carbocycles. The Labute approximate surface area is 122 Å². The minimum Gasteiger partial charge on any atom is -0.464 e. The number of para-hydroxylation sites is 1. The fraction of sp³-hybridized carbons (Fsp3) is 0.250. The molecule has 0 amide bonds. The van der Waals surface area contributed by atoms with Gasteiger partial charge in [-0.25, -0.2) is 0 Å². The van der Waals surface area contributed by atoms with Crippen molar-refractivity contribution >= 4 is 22.6 Å². The van der Waals surface area contributed by atoms with Crippen LogP contribution in [0.15, 0.2) is 45.2 Å². The van der Waals surface area contributed by atoms with Crippen LogP contribution in [0.4, 0.5) is 0 Å². The van der Waals surface area contributed by atoms with Gasteiger partial charge in [0, 0.05) is 5.39 Å². The first-order chi connectivity index (χ1) is 9.69. The van der Waals surface area contributed by atoms with E-state index in [1.165, 1.54) is 0 Å². The summed E-state index contributed by atoms with van der Waals surface area (Å²) >= 11 is 6.16. The van der Waals surface area contributed by atoms with Gasteiger partial charge in [0.15, 0.2) is 5.58 Å². The average molecular weight is 290 g/mol. The average Bonchev–Trinajstić information content (AvgIpc) is 3.03. The van der Waals surface area contributed by atoms with Crippen LogP contribution >= 0.6 is 11.6 Å². The lowest BCUT2D eigenvalue weighted by Crippen LogP contribution is -2.20. The second kappa shape index (κ2) is 5.35. The van der Waals surface area contributed by atoms with Crippen LogP contribution in [0.2, 0.25) is 5.02 Å². The van der Waals surface area contributed by atoms with Crippen LogP contribution in [-0.2, 0) is 0 Å². The van der Waals surface area contributed by atoms with E-state index in [4.69, 9.17) is 20.4 Å². The maximum absolute atomic E-state index is 6.16. The molecule has 0 aliphatic heterocycles. The number of aryl methyl sites for hydroxylation is 1. The lowest BCUT2D eigenvalue weighted by Gasteiger charge is -2.12. The molecular formula is C16H16ClNO2. The molecule has 2 aromatic heterocycles. The number of fused-ring (bicyclic) bond motifs is 1. The SMILES string of the molecule is CCNC(c1ccc(C)o1)c1cc2cccc(Cl)c2o1. The maximum atomic E-state index is 6.16. The normalized spacial score (nSPS) is 12.9. The van der Waals surface area contributed by atoms with Crippen LogP contribution in [0.3, 0.4) is 0 Å². The Morgan fingerprint density at radius 2 is 2.00 bits per heavy atom. The number of hydrogen-bond donors (Lipinski definition) is 1. The van der Waals surface area contributed by atoms with Crippen LogP contribution < -0.4 is 5.32 Å². The molecule has 0 saturated carbocycles. The molecular weight excluding hydrogens is 274 g/mol. The zero-order valence-corrected chi connectivity index (χ0v) is 12.2. The highest BCUT2D eigenvalue weighted by atomic mass is 35.5. The molecule has 3 nitrogen and oxygen atoms in total. The lowest BCUT2D eigenvalue weighted by atomic mass is 10.1. The summed E-state index contributed by atoms with van der Waals surface area (Å²) in [5.74, 6) is 2.54. The van der Waals surface area contributed by atoms with Gasteiger partial charge in [-0.2, -0.15) is 0 Å². The molecule has 1 unspecified atom stereocenters. The van der Waals surface area contributed by atoms with Crippen LogP contribution in [0.1, 0.15) is 30.2 Å². The predicted molar refractivity (Wildman–Crippen MR) is 80.2 cm³/mol. The fourth-order valence-corrected chi connectivity index (χ4v) is 2.56. The van der Waals surface area contributed by atoms with Crippen molar-refractivity contribution in [3.63, 3.8) is 0 Å². The molecule has 0 spiro atoms. The zero-order chi connectivity index (χ0) is 14.1. The van der Waals surface area contributed by atoms with Gasteiger partial charge in [0.2, 0.25) is 0 Å². The van der Waals surface area contributed by atoms with Crippen molar-refractivity contribution in [2.45, 2.75) is 19.9 Å². The number of rotatable bonds is 4. The largest absolute Gasteiger partial charge is 0.464 e. The minimum atomic E-state index is -0.0998. The van der Waals surface area contributed by atoms with Crippen LogP contribution in [0, 0.1) is 6.92 Å². The van der Waals surface area contributed by atoms with Gasteiger partial charge in [0.25, 0.3) is 0 Å². The minimum absolute atomic E-state index is 0.0998. The summed E-state index contributed by atoms with van der Waals surface area (Å²) in [6.07, 6.45) is 0. The topological polar surface area (TPSA) is 38.3 Å². The van der Waals surface area contributed by atoms with Crippen molar-refractivity contribution in [3.05, 3.63) is 58.7 Å². The van der Waals surface area contributed by atoms with E-state index in [1.54, 1.807) is 0 Å². The van der Waals surface area contributed by atoms with Crippen molar-refractivity contribution in [3.8, 4) is 0 Å². The molecule has 3 aromatic rings. The van der Waals surface area contributed by atoms with Crippen molar-refractivity contribution in [2.24, 2.45) is 0 Å². The number of nitrogens with one attached hydrogen (secondary N) is 1. The van der Waals surface area contributed by atoms with E-state index >= 15 is 0 Å². The van der Waals surface area contributed by atoms with Crippen LogP contribution in [-0.4, -0.2) is 6.54 Å². The summed E-state index contributed by atoms with van der Waals surface area (Å²) in [4.78, 5) is 0. The van der Waals surface area contributed by atoms with Crippen molar-refractivity contribution in [1.82, 2.24) is 5.32 Å². The summed E-state index contributed by atoms with van der Waals surface area (Å²) in [6, 6.07) is 11.6. The Balaban J connectivity index is 2.07. The van der Waals surface area contributed by atoms with Gasteiger partial charge in [0.1, 0.15) is 23.3 Å². The van der Waals surface area contributed by atoms with Crippen LogP contribution in [0.25, 0.3) is 11.0 Å². The molecule has 0 aliphatic rings. The van der Waals surface area contributed by atoms with E-state index in [2.05, 4.69) is 12.2 Å². The summed E-state index contributed by atoms with van der Waals surface area (Å²) in [5.41, 5.74) is 0.718. The lowest BCUT2D eigenvalue weighted by molar-refractivity contribution is 0.394. The maximum Gasteiger partial charge on any atom is 0.152 e.